The zero-order valence-electron chi connectivity index (χ0n) is 27.6. The second-order valence-corrected chi connectivity index (χ2v) is 13.4. The third-order valence-corrected chi connectivity index (χ3v) is 9.76. The summed E-state index contributed by atoms with van der Waals surface area (Å²) >= 11 is 0. The zero-order chi connectivity index (χ0) is 32.0. The lowest BCUT2D eigenvalue weighted by molar-refractivity contribution is -0.162. The summed E-state index contributed by atoms with van der Waals surface area (Å²) in [5.41, 5.74) is 0. The van der Waals surface area contributed by atoms with Crippen molar-refractivity contribution in [3.8, 4) is 0 Å². The number of ether oxygens (including phenoxy) is 6. The summed E-state index contributed by atoms with van der Waals surface area (Å²) in [5.74, 6) is -3.23. The van der Waals surface area contributed by atoms with E-state index in [2.05, 4.69) is 13.8 Å². The predicted octanol–water partition coefficient (Wildman–Crippen LogP) is 5.86. The van der Waals surface area contributed by atoms with E-state index in [0.717, 1.165) is 83.5 Å². The molecule has 0 N–H and O–H groups in total. The van der Waals surface area contributed by atoms with Gasteiger partial charge in [-0.05, 0) is 51.4 Å². The fraction of sp³-hybridized carbons (Fsp3) is 0.886. The Morgan fingerprint density at radius 1 is 0.422 bits per heavy atom. The average molecular weight is 637 g/mol. The van der Waals surface area contributed by atoms with Gasteiger partial charge < -0.3 is 28.4 Å². The van der Waals surface area contributed by atoms with Crippen LogP contribution in [0.25, 0.3) is 0 Å². The molecule has 4 rings (SSSR count). The SMILES string of the molecule is CCCCCCOC(=O)C1CC2OC2CC1C(=O)OCCCCCCCOC(=O)C1CC2OC2CC1C(=O)OCCCCCC. The largest absolute Gasteiger partial charge is 0.465 e. The van der Waals surface area contributed by atoms with Gasteiger partial charge in [-0.25, -0.2) is 0 Å². The molecule has 2 aliphatic carbocycles. The van der Waals surface area contributed by atoms with Crippen LogP contribution in [0, 0.1) is 23.7 Å². The molecule has 0 radical (unpaired) electrons. The first kappa shape index (κ1) is 35.7. The maximum absolute atomic E-state index is 12.9. The van der Waals surface area contributed by atoms with E-state index in [1.807, 2.05) is 0 Å². The number of hydrogen-bond acceptors (Lipinski definition) is 10. The molecule has 8 unspecified atom stereocenters. The van der Waals surface area contributed by atoms with Crippen LogP contribution in [0.3, 0.4) is 0 Å². The molecule has 45 heavy (non-hydrogen) atoms. The maximum atomic E-state index is 12.9. The third kappa shape index (κ3) is 11.5. The van der Waals surface area contributed by atoms with Gasteiger partial charge >= 0.3 is 23.9 Å². The number of rotatable bonds is 22. The minimum Gasteiger partial charge on any atom is -0.465 e. The quantitative estimate of drug-likeness (QED) is 0.0617. The van der Waals surface area contributed by atoms with E-state index < -0.39 is 23.7 Å². The average Bonchev–Trinajstić information content (AvgIpc) is 3.97. The molecule has 0 aromatic heterocycles. The Kier molecular flexibility index (Phi) is 14.9. The lowest BCUT2D eigenvalue weighted by Gasteiger charge is -2.26. The Morgan fingerprint density at radius 3 is 0.933 bits per heavy atom. The first-order valence-corrected chi connectivity index (χ1v) is 17.9. The van der Waals surface area contributed by atoms with E-state index in [4.69, 9.17) is 28.4 Å². The minimum atomic E-state index is -0.500. The Morgan fingerprint density at radius 2 is 0.667 bits per heavy atom. The molecular formula is C35H56O10. The van der Waals surface area contributed by atoms with E-state index in [-0.39, 0.29) is 48.3 Å². The van der Waals surface area contributed by atoms with Crippen molar-refractivity contribution in [3.63, 3.8) is 0 Å². The monoisotopic (exact) mass is 636 g/mol. The van der Waals surface area contributed by atoms with Crippen LogP contribution in [-0.4, -0.2) is 74.7 Å². The summed E-state index contributed by atoms with van der Waals surface area (Å²) in [6.07, 6.45) is 14.8. The van der Waals surface area contributed by atoms with E-state index in [1.165, 1.54) is 0 Å². The summed E-state index contributed by atoms with van der Waals surface area (Å²) in [4.78, 5) is 51.2. The van der Waals surface area contributed by atoms with Gasteiger partial charge in [0.25, 0.3) is 0 Å². The second-order valence-electron chi connectivity index (χ2n) is 13.4. The summed E-state index contributed by atoms with van der Waals surface area (Å²) in [6, 6.07) is 0. The second kappa shape index (κ2) is 18.8. The fourth-order valence-corrected chi connectivity index (χ4v) is 6.80. The summed E-state index contributed by atoms with van der Waals surface area (Å²) in [7, 11) is 0. The number of fused-ring (bicyclic) bond motifs is 2. The molecule has 10 nitrogen and oxygen atoms in total. The van der Waals surface area contributed by atoms with Crippen LogP contribution in [0.4, 0.5) is 0 Å². The molecule has 2 saturated carbocycles. The molecule has 2 aliphatic heterocycles. The molecule has 0 spiro atoms. The van der Waals surface area contributed by atoms with Crippen molar-refractivity contribution < 1.29 is 47.6 Å². The van der Waals surface area contributed by atoms with E-state index >= 15 is 0 Å². The first-order chi connectivity index (χ1) is 21.9. The topological polar surface area (TPSA) is 130 Å². The molecule has 4 aliphatic rings. The maximum Gasteiger partial charge on any atom is 0.309 e. The van der Waals surface area contributed by atoms with Crippen molar-refractivity contribution in [3.05, 3.63) is 0 Å². The smallest absolute Gasteiger partial charge is 0.309 e. The summed E-state index contributed by atoms with van der Waals surface area (Å²) in [5, 5.41) is 0. The summed E-state index contributed by atoms with van der Waals surface area (Å²) < 4.78 is 33.4. The molecule has 0 aromatic carbocycles. The molecule has 4 fully saturated rings. The molecule has 0 bridgehead atoms. The van der Waals surface area contributed by atoms with Crippen LogP contribution in [0.2, 0.25) is 0 Å². The van der Waals surface area contributed by atoms with Crippen LogP contribution >= 0.6 is 0 Å². The van der Waals surface area contributed by atoms with Crippen molar-refractivity contribution >= 4 is 23.9 Å². The van der Waals surface area contributed by atoms with Crippen LogP contribution in [0.15, 0.2) is 0 Å². The van der Waals surface area contributed by atoms with Crippen molar-refractivity contribution in [2.75, 3.05) is 26.4 Å². The Balaban J connectivity index is 1.05. The lowest BCUT2D eigenvalue weighted by atomic mass is 9.79. The van der Waals surface area contributed by atoms with Crippen LogP contribution in [0.1, 0.15) is 123 Å². The Labute approximate surface area is 268 Å². The highest BCUT2D eigenvalue weighted by Crippen LogP contribution is 2.45. The van der Waals surface area contributed by atoms with Crippen LogP contribution in [0.5, 0.6) is 0 Å². The van der Waals surface area contributed by atoms with Gasteiger partial charge in [-0.3, -0.25) is 19.2 Å². The normalized spacial score (nSPS) is 29.6. The van der Waals surface area contributed by atoms with Gasteiger partial charge in [0.2, 0.25) is 0 Å². The predicted molar refractivity (Wildman–Crippen MR) is 165 cm³/mol. The Hall–Kier alpha value is -2.20. The number of epoxide rings is 2. The van der Waals surface area contributed by atoms with Crippen molar-refractivity contribution in [2.45, 2.75) is 147 Å². The number of carbonyl (C=O) groups excluding carboxylic acids is 4. The van der Waals surface area contributed by atoms with Gasteiger partial charge in [-0.15, -0.1) is 0 Å². The highest BCUT2D eigenvalue weighted by Gasteiger charge is 2.54. The van der Waals surface area contributed by atoms with Crippen molar-refractivity contribution in [2.24, 2.45) is 23.7 Å². The standard InChI is InChI=1S/C35H56O10/c1-3-5-7-12-16-40-32(36)24-20-28-30(44-28)22-26(24)34(38)42-18-14-10-9-11-15-19-43-35(39)27-23-31-29(45-31)21-25(27)33(37)41-17-13-8-6-4-2/h24-31H,3-23H2,1-2H3. The van der Waals surface area contributed by atoms with Gasteiger partial charge in [-0.2, -0.15) is 0 Å². The van der Waals surface area contributed by atoms with Crippen molar-refractivity contribution in [1.82, 2.24) is 0 Å². The molecule has 10 heteroatoms. The molecule has 0 aromatic rings. The van der Waals surface area contributed by atoms with E-state index in [9.17, 15) is 19.2 Å². The number of esters is 4. The van der Waals surface area contributed by atoms with Gasteiger partial charge in [0.15, 0.2) is 0 Å². The number of unbranched alkanes of at least 4 members (excludes halogenated alkanes) is 10. The molecule has 2 saturated heterocycles. The van der Waals surface area contributed by atoms with E-state index in [1.54, 1.807) is 0 Å². The minimum absolute atomic E-state index is 0.0577. The van der Waals surface area contributed by atoms with Crippen molar-refractivity contribution in [1.29, 1.82) is 0 Å². The van der Waals surface area contributed by atoms with Gasteiger partial charge in [-0.1, -0.05) is 71.6 Å². The zero-order valence-corrected chi connectivity index (χ0v) is 27.6. The Bertz CT molecular complexity index is 879. The van der Waals surface area contributed by atoms with Crippen LogP contribution in [-0.2, 0) is 47.6 Å². The molecule has 2 heterocycles. The lowest BCUT2D eigenvalue weighted by Crippen LogP contribution is -2.38. The van der Waals surface area contributed by atoms with Gasteiger partial charge in [0.1, 0.15) is 0 Å². The third-order valence-electron chi connectivity index (χ3n) is 9.76. The molecule has 8 atom stereocenters. The molecule has 256 valence electrons. The molecule has 0 amide bonds. The highest BCUT2D eigenvalue weighted by molar-refractivity contribution is 5.83. The van der Waals surface area contributed by atoms with Crippen LogP contribution < -0.4 is 0 Å². The highest BCUT2D eigenvalue weighted by atomic mass is 16.6. The number of carbonyl (C=O) groups is 4. The van der Waals surface area contributed by atoms with Gasteiger partial charge in [0, 0.05) is 0 Å². The fourth-order valence-electron chi connectivity index (χ4n) is 6.80. The number of hydrogen-bond donors (Lipinski definition) is 0. The molecular weight excluding hydrogens is 580 g/mol. The summed E-state index contributed by atoms with van der Waals surface area (Å²) in [6.45, 7) is 5.71. The van der Waals surface area contributed by atoms with Gasteiger partial charge in [0.05, 0.1) is 74.5 Å². The van der Waals surface area contributed by atoms with E-state index in [0.29, 0.717) is 52.1 Å². The first-order valence-electron chi connectivity index (χ1n) is 17.9.